The summed E-state index contributed by atoms with van der Waals surface area (Å²) < 4.78 is 0. The highest BCUT2D eigenvalue weighted by Crippen LogP contribution is 2.25. The number of hydrogen-bond donors (Lipinski definition) is 1. The minimum absolute atomic E-state index is 0.164. The molecule has 3 heteroatoms. The maximum Gasteiger partial charge on any atom is 0.0504 e. The summed E-state index contributed by atoms with van der Waals surface area (Å²) in [5.41, 5.74) is 7.36. The minimum Gasteiger partial charge on any atom is -0.326 e. The molecule has 80 valence electrons. The lowest BCUT2D eigenvalue weighted by Crippen LogP contribution is -2.40. The fourth-order valence-electron chi connectivity index (χ4n) is 1.67. The van der Waals surface area contributed by atoms with Crippen LogP contribution in [0, 0.1) is 0 Å². The third-order valence-corrected chi connectivity index (χ3v) is 3.34. The Labute approximate surface area is 90.7 Å². The fraction of sp³-hybridized carbons (Fsp3) is 0.636. The molecule has 1 aromatic heterocycles. The van der Waals surface area contributed by atoms with Gasteiger partial charge in [-0.15, -0.1) is 0 Å². The highest BCUT2D eigenvalue weighted by atomic mass is 32.1. The average Bonchev–Trinajstić information content (AvgIpc) is 2.56. The van der Waals surface area contributed by atoms with Gasteiger partial charge in [-0.1, -0.05) is 0 Å². The Morgan fingerprint density at radius 3 is 2.36 bits per heavy atom. The number of hydrogen-bond acceptors (Lipinski definition) is 3. The number of rotatable bonds is 4. The van der Waals surface area contributed by atoms with Crippen molar-refractivity contribution in [1.82, 2.24) is 4.90 Å². The number of likely N-dealkylation sites (N-methyl/N-ethyl adjacent to an activating group) is 1. The van der Waals surface area contributed by atoms with Crippen molar-refractivity contribution in [3.05, 3.63) is 22.4 Å². The summed E-state index contributed by atoms with van der Waals surface area (Å²) in [6.07, 6.45) is 0. The third kappa shape index (κ3) is 2.56. The zero-order valence-corrected chi connectivity index (χ0v) is 10.2. The van der Waals surface area contributed by atoms with Crippen molar-refractivity contribution in [1.29, 1.82) is 0 Å². The fourth-order valence-corrected chi connectivity index (χ4v) is 2.36. The van der Waals surface area contributed by atoms with Crippen molar-refractivity contribution >= 4 is 11.3 Å². The Bertz CT molecular complexity index is 254. The molecule has 0 amide bonds. The summed E-state index contributed by atoms with van der Waals surface area (Å²) in [6, 6.07) is 3.18. The number of nitrogens with two attached hydrogens (primary N) is 1. The predicted molar refractivity (Wildman–Crippen MR) is 63.6 cm³/mol. The SMILES string of the molecule is CC(N)C(c1ccsc1)N(C)C(C)C. The van der Waals surface area contributed by atoms with Crippen LogP contribution in [-0.4, -0.2) is 24.0 Å². The van der Waals surface area contributed by atoms with Crippen LogP contribution in [0.1, 0.15) is 32.4 Å². The van der Waals surface area contributed by atoms with Crippen LogP contribution >= 0.6 is 11.3 Å². The first-order valence-electron chi connectivity index (χ1n) is 5.03. The lowest BCUT2D eigenvalue weighted by Gasteiger charge is -2.33. The van der Waals surface area contributed by atoms with Gasteiger partial charge in [0, 0.05) is 12.1 Å². The van der Waals surface area contributed by atoms with Gasteiger partial charge in [0.25, 0.3) is 0 Å². The summed E-state index contributed by atoms with van der Waals surface area (Å²) >= 11 is 1.73. The molecule has 0 saturated carbocycles. The second kappa shape index (κ2) is 4.91. The van der Waals surface area contributed by atoms with Crippen molar-refractivity contribution in [2.24, 2.45) is 5.73 Å². The van der Waals surface area contributed by atoms with Crippen LogP contribution < -0.4 is 5.73 Å². The van der Waals surface area contributed by atoms with Gasteiger partial charge < -0.3 is 5.73 Å². The van der Waals surface area contributed by atoms with Crippen LogP contribution in [0.2, 0.25) is 0 Å². The second-order valence-electron chi connectivity index (χ2n) is 4.12. The van der Waals surface area contributed by atoms with E-state index in [9.17, 15) is 0 Å². The van der Waals surface area contributed by atoms with E-state index >= 15 is 0 Å². The van der Waals surface area contributed by atoms with Gasteiger partial charge in [0.05, 0.1) is 6.04 Å². The maximum atomic E-state index is 6.03. The molecular weight excluding hydrogens is 192 g/mol. The summed E-state index contributed by atoms with van der Waals surface area (Å²) in [6.45, 7) is 6.46. The molecule has 14 heavy (non-hydrogen) atoms. The van der Waals surface area contributed by atoms with E-state index in [1.807, 2.05) is 0 Å². The molecule has 0 saturated heterocycles. The van der Waals surface area contributed by atoms with E-state index in [1.54, 1.807) is 11.3 Å². The second-order valence-corrected chi connectivity index (χ2v) is 4.90. The first-order chi connectivity index (χ1) is 6.54. The Morgan fingerprint density at radius 1 is 1.36 bits per heavy atom. The minimum atomic E-state index is 0.164. The van der Waals surface area contributed by atoms with Crippen LogP contribution in [0.15, 0.2) is 16.8 Å². The monoisotopic (exact) mass is 212 g/mol. The lowest BCUT2D eigenvalue weighted by atomic mass is 10.0. The molecule has 2 atom stereocenters. The zero-order chi connectivity index (χ0) is 10.7. The molecule has 1 rings (SSSR count). The van der Waals surface area contributed by atoms with Gasteiger partial charge in [0.2, 0.25) is 0 Å². The van der Waals surface area contributed by atoms with E-state index in [2.05, 4.69) is 49.5 Å². The van der Waals surface area contributed by atoms with Crippen molar-refractivity contribution in [3.8, 4) is 0 Å². The van der Waals surface area contributed by atoms with Gasteiger partial charge in [-0.05, 0) is 50.2 Å². The Balaban J connectivity index is 2.85. The Kier molecular flexibility index (Phi) is 4.11. The quantitative estimate of drug-likeness (QED) is 0.831. The molecule has 0 spiro atoms. The molecule has 0 fully saturated rings. The van der Waals surface area contributed by atoms with Crippen LogP contribution in [0.25, 0.3) is 0 Å². The molecule has 0 aromatic carbocycles. The topological polar surface area (TPSA) is 29.3 Å². The summed E-state index contributed by atoms with van der Waals surface area (Å²) in [5, 5.41) is 4.30. The highest BCUT2D eigenvalue weighted by Gasteiger charge is 2.22. The zero-order valence-electron chi connectivity index (χ0n) is 9.40. The number of thiophene rings is 1. The Morgan fingerprint density at radius 2 is 2.00 bits per heavy atom. The predicted octanol–water partition coefficient (Wildman–Crippen LogP) is 2.48. The lowest BCUT2D eigenvalue weighted by molar-refractivity contribution is 0.176. The van der Waals surface area contributed by atoms with Crippen LogP contribution in [0.5, 0.6) is 0 Å². The molecule has 0 aliphatic heterocycles. The van der Waals surface area contributed by atoms with Gasteiger partial charge in [-0.2, -0.15) is 11.3 Å². The molecule has 2 unspecified atom stereocenters. The van der Waals surface area contributed by atoms with E-state index in [0.717, 1.165) is 0 Å². The highest BCUT2D eigenvalue weighted by molar-refractivity contribution is 7.07. The van der Waals surface area contributed by atoms with Crippen molar-refractivity contribution in [2.45, 2.75) is 38.9 Å². The summed E-state index contributed by atoms with van der Waals surface area (Å²) in [7, 11) is 2.14. The molecule has 2 nitrogen and oxygen atoms in total. The Hall–Kier alpha value is -0.380. The largest absolute Gasteiger partial charge is 0.326 e. The normalized spacial score (nSPS) is 16.2. The van der Waals surface area contributed by atoms with Gasteiger partial charge >= 0.3 is 0 Å². The van der Waals surface area contributed by atoms with E-state index in [1.165, 1.54) is 5.56 Å². The first-order valence-corrected chi connectivity index (χ1v) is 5.98. The molecule has 0 bridgehead atoms. The van der Waals surface area contributed by atoms with Gasteiger partial charge in [-0.3, -0.25) is 4.90 Å². The molecule has 0 aliphatic rings. The average molecular weight is 212 g/mol. The van der Waals surface area contributed by atoms with E-state index < -0.39 is 0 Å². The number of nitrogens with zero attached hydrogens (tertiary/aromatic N) is 1. The van der Waals surface area contributed by atoms with Crippen LogP contribution in [-0.2, 0) is 0 Å². The molecule has 0 radical (unpaired) electrons. The van der Waals surface area contributed by atoms with Gasteiger partial charge in [0.1, 0.15) is 0 Å². The van der Waals surface area contributed by atoms with E-state index in [0.29, 0.717) is 12.1 Å². The van der Waals surface area contributed by atoms with Crippen molar-refractivity contribution in [3.63, 3.8) is 0 Å². The molecule has 1 aromatic rings. The third-order valence-electron chi connectivity index (χ3n) is 2.64. The van der Waals surface area contributed by atoms with E-state index in [4.69, 9.17) is 5.73 Å². The molecule has 2 N–H and O–H groups in total. The summed E-state index contributed by atoms with van der Waals surface area (Å²) in [4.78, 5) is 2.33. The van der Waals surface area contributed by atoms with E-state index in [-0.39, 0.29) is 6.04 Å². The van der Waals surface area contributed by atoms with Gasteiger partial charge in [0.15, 0.2) is 0 Å². The maximum absolute atomic E-state index is 6.03. The first kappa shape index (κ1) is 11.7. The molecule has 1 heterocycles. The van der Waals surface area contributed by atoms with Crippen molar-refractivity contribution in [2.75, 3.05) is 7.05 Å². The smallest absolute Gasteiger partial charge is 0.0504 e. The van der Waals surface area contributed by atoms with Crippen LogP contribution in [0.4, 0.5) is 0 Å². The standard InChI is InChI=1S/C11H20N2S/c1-8(2)13(4)11(9(3)12)10-5-6-14-7-10/h5-9,11H,12H2,1-4H3. The van der Waals surface area contributed by atoms with Crippen LogP contribution in [0.3, 0.4) is 0 Å². The molecule has 0 aliphatic carbocycles. The van der Waals surface area contributed by atoms with Gasteiger partial charge in [-0.25, -0.2) is 0 Å². The molecular formula is C11H20N2S. The summed E-state index contributed by atoms with van der Waals surface area (Å²) in [5.74, 6) is 0. The van der Waals surface area contributed by atoms with Crippen molar-refractivity contribution < 1.29 is 0 Å².